The van der Waals surface area contributed by atoms with E-state index in [2.05, 4.69) is 13.8 Å². The highest BCUT2D eigenvalue weighted by Crippen LogP contribution is 2.17. The molecule has 20 heavy (non-hydrogen) atoms. The molecule has 0 aliphatic heterocycles. The number of primary amides is 1. The predicted octanol–water partition coefficient (Wildman–Crippen LogP) is 5.36. The van der Waals surface area contributed by atoms with Crippen molar-refractivity contribution >= 4 is 5.91 Å². The van der Waals surface area contributed by atoms with Crippen LogP contribution >= 0.6 is 0 Å². The van der Waals surface area contributed by atoms with Crippen LogP contribution in [0.5, 0.6) is 0 Å². The maximum Gasteiger partial charge on any atom is 0.220 e. The van der Waals surface area contributed by atoms with Crippen LogP contribution in [0.2, 0.25) is 0 Å². The smallest absolute Gasteiger partial charge is 0.220 e. The molecule has 3 heteroatoms. The fourth-order valence-electron chi connectivity index (χ4n) is 2.66. The van der Waals surface area contributed by atoms with Crippen molar-refractivity contribution < 1.29 is 4.79 Å². The van der Waals surface area contributed by atoms with E-state index in [9.17, 15) is 4.79 Å². The Morgan fingerprint density at radius 3 is 1.60 bits per heavy atom. The predicted molar refractivity (Wildman–Crippen MR) is 89.1 cm³/mol. The highest BCUT2D eigenvalue weighted by atomic mass is 16.1. The largest absolute Gasteiger partial charge is 0.369 e. The molecular weight excluding hydrogens is 248 g/mol. The van der Waals surface area contributed by atoms with Gasteiger partial charge < -0.3 is 11.9 Å². The molecule has 5 N–H and O–H groups in total. The van der Waals surface area contributed by atoms with Crippen LogP contribution in [-0.2, 0) is 4.79 Å². The third-order valence-corrected chi connectivity index (χ3v) is 3.95. The molecule has 0 aromatic rings. The van der Waals surface area contributed by atoms with Crippen LogP contribution in [0.1, 0.15) is 97.3 Å². The van der Waals surface area contributed by atoms with E-state index >= 15 is 0 Å². The summed E-state index contributed by atoms with van der Waals surface area (Å²) in [5, 5.41) is 0. The zero-order valence-electron chi connectivity index (χ0n) is 14.0. The maximum atomic E-state index is 11.2. The van der Waals surface area contributed by atoms with Crippen molar-refractivity contribution in [1.82, 2.24) is 6.15 Å². The summed E-state index contributed by atoms with van der Waals surface area (Å²) in [6.07, 6.45) is 16.5. The first kappa shape index (κ1) is 21.7. The van der Waals surface area contributed by atoms with E-state index in [1.54, 1.807) is 0 Å². The van der Waals surface area contributed by atoms with E-state index in [0.717, 1.165) is 19.3 Å². The van der Waals surface area contributed by atoms with E-state index < -0.39 is 0 Å². The summed E-state index contributed by atoms with van der Waals surface area (Å²) >= 11 is 0. The van der Waals surface area contributed by atoms with Crippen LogP contribution < -0.4 is 11.9 Å². The van der Waals surface area contributed by atoms with Crippen LogP contribution in [0.4, 0.5) is 0 Å². The Balaban J connectivity index is 0. The van der Waals surface area contributed by atoms with Gasteiger partial charge >= 0.3 is 0 Å². The number of rotatable bonds is 14. The lowest BCUT2D eigenvalue weighted by atomic mass is 9.95. The van der Waals surface area contributed by atoms with E-state index in [1.807, 2.05) is 0 Å². The van der Waals surface area contributed by atoms with Gasteiger partial charge in [-0.1, -0.05) is 84.5 Å². The average molecular weight is 287 g/mol. The fourth-order valence-corrected chi connectivity index (χ4v) is 2.66. The molecule has 1 amide bonds. The van der Waals surface area contributed by atoms with Crippen LogP contribution in [0, 0.1) is 5.92 Å². The van der Waals surface area contributed by atoms with Gasteiger partial charge in [0.1, 0.15) is 0 Å². The van der Waals surface area contributed by atoms with Gasteiger partial charge in [-0.2, -0.15) is 0 Å². The molecule has 0 aliphatic carbocycles. The van der Waals surface area contributed by atoms with Crippen molar-refractivity contribution in [1.29, 1.82) is 0 Å². The first-order valence-corrected chi connectivity index (χ1v) is 8.51. The summed E-state index contributed by atoms with van der Waals surface area (Å²) in [6, 6.07) is 0. The molecule has 0 heterocycles. The van der Waals surface area contributed by atoms with Crippen LogP contribution in [0.25, 0.3) is 0 Å². The number of carbonyl (C=O) groups is 1. The molecule has 1 atom stereocenters. The summed E-state index contributed by atoms with van der Waals surface area (Å²) in [5.74, 6) is 0.0248. The Labute approximate surface area is 126 Å². The Bertz CT molecular complexity index is 207. The third-order valence-electron chi connectivity index (χ3n) is 3.95. The number of unbranched alkanes of at least 4 members (excludes halogenated alkanes) is 9. The van der Waals surface area contributed by atoms with E-state index in [1.165, 1.54) is 64.2 Å². The minimum Gasteiger partial charge on any atom is -0.369 e. The molecule has 122 valence electrons. The zero-order chi connectivity index (χ0) is 14.3. The molecular formula is C17H38N2O. The number of hydrogen-bond acceptors (Lipinski definition) is 2. The Morgan fingerprint density at radius 1 is 0.750 bits per heavy atom. The maximum absolute atomic E-state index is 11.2. The molecule has 0 saturated carbocycles. The molecule has 0 aliphatic rings. The molecule has 0 saturated heterocycles. The van der Waals surface area contributed by atoms with Crippen molar-refractivity contribution in [2.45, 2.75) is 97.3 Å². The lowest BCUT2D eigenvalue weighted by Gasteiger charge is -2.11. The van der Waals surface area contributed by atoms with Crippen molar-refractivity contribution in [3.63, 3.8) is 0 Å². The molecule has 0 bridgehead atoms. The van der Waals surface area contributed by atoms with Gasteiger partial charge in [0.15, 0.2) is 0 Å². The molecule has 0 aromatic heterocycles. The van der Waals surface area contributed by atoms with Gasteiger partial charge in [0.25, 0.3) is 0 Å². The zero-order valence-corrected chi connectivity index (χ0v) is 14.0. The van der Waals surface area contributed by atoms with E-state index in [4.69, 9.17) is 5.73 Å². The monoisotopic (exact) mass is 286 g/mol. The van der Waals surface area contributed by atoms with Gasteiger partial charge in [-0.3, -0.25) is 4.79 Å². The second-order valence-electron chi connectivity index (χ2n) is 5.86. The van der Waals surface area contributed by atoms with Crippen molar-refractivity contribution in [2.24, 2.45) is 11.7 Å². The summed E-state index contributed by atoms with van der Waals surface area (Å²) in [5.41, 5.74) is 5.40. The first-order chi connectivity index (χ1) is 9.22. The van der Waals surface area contributed by atoms with Gasteiger partial charge in [-0.15, -0.1) is 0 Å². The molecule has 0 rings (SSSR count). The van der Waals surface area contributed by atoms with Gasteiger partial charge in [-0.25, -0.2) is 0 Å². The number of hydrogen-bond donors (Lipinski definition) is 2. The molecule has 0 spiro atoms. The summed E-state index contributed by atoms with van der Waals surface area (Å²) in [4.78, 5) is 11.2. The summed E-state index contributed by atoms with van der Waals surface area (Å²) < 4.78 is 0. The Hall–Kier alpha value is -0.570. The third kappa shape index (κ3) is 13.9. The van der Waals surface area contributed by atoms with E-state index in [0.29, 0.717) is 0 Å². The molecule has 0 radical (unpaired) electrons. The lowest BCUT2D eigenvalue weighted by Crippen LogP contribution is -2.23. The SMILES string of the molecule is CCCCCCCCCCCCC(CCC)C(N)=O.N. The minimum atomic E-state index is -0.0993. The van der Waals surface area contributed by atoms with Gasteiger partial charge in [0.2, 0.25) is 5.91 Å². The molecule has 1 unspecified atom stereocenters. The Kier molecular flexibility index (Phi) is 17.9. The normalized spacial score (nSPS) is 11.9. The lowest BCUT2D eigenvalue weighted by molar-refractivity contribution is -0.122. The van der Waals surface area contributed by atoms with Gasteiger partial charge in [0, 0.05) is 5.92 Å². The standard InChI is InChI=1S/C17H35NO.H3N/c1-3-5-6-7-8-9-10-11-12-13-15-16(14-4-2)17(18)19;/h16H,3-15H2,1-2H3,(H2,18,19);1H3. The number of amides is 1. The molecule has 3 nitrogen and oxygen atoms in total. The number of nitrogens with two attached hydrogens (primary N) is 1. The van der Waals surface area contributed by atoms with Crippen LogP contribution in [0.3, 0.4) is 0 Å². The minimum absolute atomic E-state index is 0. The van der Waals surface area contributed by atoms with E-state index in [-0.39, 0.29) is 18.0 Å². The quantitative estimate of drug-likeness (QED) is 0.421. The van der Waals surface area contributed by atoms with Crippen molar-refractivity contribution in [2.75, 3.05) is 0 Å². The Morgan fingerprint density at radius 2 is 1.20 bits per heavy atom. The van der Waals surface area contributed by atoms with Crippen LogP contribution in [0.15, 0.2) is 0 Å². The van der Waals surface area contributed by atoms with Crippen LogP contribution in [-0.4, -0.2) is 5.91 Å². The van der Waals surface area contributed by atoms with Crippen molar-refractivity contribution in [3.05, 3.63) is 0 Å². The summed E-state index contributed by atoms with van der Waals surface area (Å²) in [7, 11) is 0. The van der Waals surface area contributed by atoms with Gasteiger partial charge in [-0.05, 0) is 12.8 Å². The molecule has 0 aromatic carbocycles. The van der Waals surface area contributed by atoms with Crippen molar-refractivity contribution in [3.8, 4) is 0 Å². The highest BCUT2D eigenvalue weighted by molar-refractivity contribution is 5.76. The highest BCUT2D eigenvalue weighted by Gasteiger charge is 2.12. The second-order valence-corrected chi connectivity index (χ2v) is 5.86. The number of carbonyl (C=O) groups excluding carboxylic acids is 1. The first-order valence-electron chi connectivity index (χ1n) is 8.51. The second kappa shape index (κ2) is 16.5. The average Bonchev–Trinajstić information content (AvgIpc) is 2.39. The molecule has 0 fully saturated rings. The topological polar surface area (TPSA) is 78.1 Å². The van der Waals surface area contributed by atoms with Gasteiger partial charge in [0.05, 0.1) is 0 Å². The summed E-state index contributed by atoms with van der Waals surface area (Å²) in [6.45, 7) is 4.38. The fraction of sp³-hybridized carbons (Fsp3) is 0.941.